The predicted octanol–water partition coefficient (Wildman–Crippen LogP) is 4.41. The van der Waals surface area contributed by atoms with Gasteiger partial charge < -0.3 is 9.52 Å². The zero-order valence-corrected chi connectivity index (χ0v) is 10.5. The minimum Gasteiger partial charge on any atom is -0.512 e. The smallest absolute Gasteiger partial charge is 0.223 e. The second-order valence-electron chi connectivity index (χ2n) is 4.39. The molecule has 0 aliphatic carbocycles. The molecular formula is C16H13NO2. The van der Waals surface area contributed by atoms with Crippen LogP contribution in [0, 0.1) is 0 Å². The molecule has 0 fully saturated rings. The summed E-state index contributed by atoms with van der Waals surface area (Å²) in [5.41, 5.74) is 3.74. The lowest BCUT2D eigenvalue weighted by molar-refractivity contribution is 0.417. The van der Waals surface area contributed by atoms with E-state index in [1.165, 1.54) is 6.08 Å². The van der Waals surface area contributed by atoms with Crippen LogP contribution in [0.5, 0.6) is 0 Å². The number of hydrogen-bond donors (Lipinski definition) is 1. The summed E-state index contributed by atoms with van der Waals surface area (Å²) in [5.74, 6) is 0.593. The highest BCUT2D eigenvalue weighted by atomic mass is 16.3. The average Bonchev–Trinajstić information content (AvgIpc) is 2.79. The number of benzene rings is 2. The molecule has 3 aromatic rings. The summed E-state index contributed by atoms with van der Waals surface area (Å²) in [7, 11) is 0. The summed E-state index contributed by atoms with van der Waals surface area (Å²) in [5, 5.41) is 9.22. The van der Waals surface area contributed by atoms with Crippen LogP contribution in [0.15, 0.2) is 58.7 Å². The van der Waals surface area contributed by atoms with Crippen molar-refractivity contribution in [1.82, 2.24) is 4.98 Å². The molecule has 3 nitrogen and oxygen atoms in total. The molecule has 3 heteroatoms. The Hall–Kier alpha value is -2.55. The first-order chi connectivity index (χ1) is 9.22. The van der Waals surface area contributed by atoms with E-state index < -0.39 is 0 Å². The second kappa shape index (κ2) is 4.61. The number of nitrogens with zero attached hydrogens (tertiary/aromatic N) is 1. The Bertz CT molecular complexity index is 738. The van der Waals surface area contributed by atoms with Crippen LogP contribution < -0.4 is 0 Å². The van der Waals surface area contributed by atoms with Crippen LogP contribution in [0.25, 0.3) is 28.3 Å². The highest BCUT2D eigenvalue weighted by Gasteiger charge is 2.06. The van der Waals surface area contributed by atoms with Crippen molar-refractivity contribution in [2.24, 2.45) is 0 Å². The maximum Gasteiger partial charge on any atom is 0.223 e. The fourth-order valence-corrected chi connectivity index (χ4v) is 2.00. The molecule has 3 rings (SSSR count). The van der Waals surface area contributed by atoms with Crippen molar-refractivity contribution in [3.05, 3.63) is 60.2 Å². The van der Waals surface area contributed by atoms with Crippen LogP contribution in [-0.4, -0.2) is 10.1 Å². The molecule has 1 heterocycles. The topological polar surface area (TPSA) is 46.3 Å². The average molecular weight is 251 g/mol. The Morgan fingerprint density at radius 3 is 2.63 bits per heavy atom. The van der Waals surface area contributed by atoms with Gasteiger partial charge in [0, 0.05) is 6.08 Å². The molecule has 0 unspecified atom stereocenters. The van der Waals surface area contributed by atoms with E-state index in [9.17, 15) is 5.11 Å². The van der Waals surface area contributed by atoms with Crippen molar-refractivity contribution >= 4 is 17.2 Å². The Labute approximate surface area is 110 Å². The normalized spacial score (nSPS) is 11.9. The highest BCUT2D eigenvalue weighted by molar-refractivity contribution is 5.81. The van der Waals surface area contributed by atoms with E-state index in [0.717, 1.165) is 16.6 Å². The lowest BCUT2D eigenvalue weighted by atomic mass is 10.1. The summed E-state index contributed by atoms with van der Waals surface area (Å²) in [4.78, 5) is 4.34. The number of allylic oxidation sites excluding steroid dienone is 1. The van der Waals surface area contributed by atoms with Crippen LogP contribution in [0.2, 0.25) is 0 Å². The quantitative estimate of drug-likeness (QED) is 0.686. The van der Waals surface area contributed by atoms with Crippen molar-refractivity contribution in [2.75, 3.05) is 0 Å². The van der Waals surface area contributed by atoms with E-state index in [4.69, 9.17) is 4.42 Å². The molecule has 0 aliphatic rings. The molecule has 0 amide bonds. The van der Waals surface area contributed by atoms with Gasteiger partial charge in [0.2, 0.25) is 5.89 Å². The molecule has 0 atom stereocenters. The third-order valence-electron chi connectivity index (χ3n) is 2.84. The van der Waals surface area contributed by atoms with Gasteiger partial charge in [-0.2, -0.15) is 0 Å². The van der Waals surface area contributed by atoms with E-state index in [-0.39, 0.29) is 5.76 Å². The third-order valence-corrected chi connectivity index (χ3v) is 2.84. The Balaban J connectivity index is 2.09. The Kier molecular flexibility index (Phi) is 2.80. The maximum atomic E-state index is 9.22. The Morgan fingerprint density at radius 1 is 1.11 bits per heavy atom. The zero-order chi connectivity index (χ0) is 13.2. The molecule has 94 valence electrons. The molecule has 0 saturated carbocycles. The SMILES string of the molecule is CC(O)=Cc1nc2cc(-c3ccccc3)ccc2o1. The van der Waals surface area contributed by atoms with Gasteiger partial charge in [0.25, 0.3) is 0 Å². The minimum absolute atomic E-state index is 0.176. The highest BCUT2D eigenvalue weighted by Crippen LogP contribution is 2.25. The summed E-state index contributed by atoms with van der Waals surface area (Å²) in [6, 6.07) is 16.0. The van der Waals surface area contributed by atoms with Crippen LogP contribution in [0.3, 0.4) is 0 Å². The fraction of sp³-hybridized carbons (Fsp3) is 0.0625. The standard InChI is InChI=1S/C16H13NO2/c1-11(18)9-16-17-14-10-13(7-8-15(14)19-16)12-5-3-2-4-6-12/h2-10,18H,1H3. The number of fused-ring (bicyclic) bond motifs is 1. The first-order valence-corrected chi connectivity index (χ1v) is 6.06. The fourth-order valence-electron chi connectivity index (χ4n) is 2.00. The summed E-state index contributed by atoms with van der Waals surface area (Å²) in [6.45, 7) is 1.59. The lowest BCUT2D eigenvalue weighted by Gasteiger charge is -1.99. The van der Waals surface area contributed by atoms with E-state index in [1.807, 2.05) is 36.4 Å². The van der Waals surface area contributed by atoms with E-state index >= 15 is 0 Å². The lowest BCUT2D eigenvalue weighted by Crippen LogP contribution is -1.77. The third kappa shape index (κ3) is 2.36. The molecule has 0 radical (unpaired) electrons. The predicted molar refractivity (Wildman–Crippen MR) is 75.7 cm³/mol. The van der Waals surface area contributed by atoms with E-state index in [0.29, 0.717) is 11.5 Å². The van der Waals surface area contributed by atoms with Crippen molar-refractivity contribution in [3.8, 4) is 11.1 Å². The number of aliphatic hydroxyl groups is 1. The molecule has 1 aromatic heterocycles. The first kappa shape index (κ1) is 11.5. The van der Waals surface area contributed by atoms with Gasteiger partial charge in [0.15, 0.2) is 5.58 Å². The van der Waals surface area contributed by atoms with Crippen LogP contribution >= 0.6 is 0 Å². The molecule has 0 bridgehead atoms. The van der Waals surface area contributed by atoms with Gasteiger partial charge in [-0.3, -0.25) is 0 Å². The van der Waals surface area contributed by atoms with Crippen molar-refractivity contribution in [3.63, 3.8) is 0 Å². The molecule has 0 aliphatic heterocycles. The molecule has 2 aromatic carbocycles. The molecule has 0 spiro atoms. The van der Waals surface area contributed by atoms with Gasteiger partial charge in [-0.1, -0.05) is 36.4 Å². The van der Waals surface area contributed by atoms with Gasteiger partial charge in [0.1, 0.15) is 5.52 Å². The summed E-state index contributed by atoms with van der Waals surface area (Å²) >= 11 is 0. The number of hydrogen-bond acceptors (Lipinski definition) is 3. The summed E-state index contributed by atoms with van der Waals surface area (Å²) < 4.78 is 5.52. The van der Waals surface area contributed by atoms with E-state index in [1.54, 1.807) is 6.92 Å². The number of aromatic nitrogens is 1. The zero-order valence-electron chi connectivity index (χ0n) is 10.5. The van der Waals surface area contributed by atoms with Crippen molar-refractivity contribution < 1.29 is 9.52 Å². The number of oxazole rings is 1. The molecule has 19 heavy (non-hydrogen) atoms. The largest absolute Gasteiger partial charge is 0.512 e. The molecule has 0 saturated heterocycles. The van der Waals surface area contributed by atoms with E-state index in [2.05, 4.69) is 17.1 Å². The molecular weight excluding hydrogens is 238 g/mol. The van der Waals surface area contributed by atoms with Gasteiger partial charge >= 0.3 is 0 Å². The monoisotopic (exact) mass is 251 g/mol. The van der Waals surface area contributed by atoms with Crippen LogP contribution in [0.1, 0.15) is 12.8 Å². The number of aliphatic hydroxyl groups excluding tert-OH is 1. The minimum atomic E-state index is 0.176. The van der Waals surface area contributed by atoms with Gasteiger partial charge in [-0.05, 0) is 30.2 Å². The molecule has 1 N–H and O–H groups in total. The summed E-state index contributed by atoms with van der Waals surface area (Å²) in [6.07, 6.45) is 1.50. The van der Waals surface area contributed by atoms with Crippen LogP contribution in [-0.2, 0) is 0 Å². The Morgan fingerprint density at radius 2 is 1.89 bits per heavy atom. The van der Waals surface area contributed by atoms with Crippen molar-refractivity contribution in [1.29, 1.82) is 0 Å². The number of rotatable bonds is 2. The second-order valence-corrected chi connectivity index (χ2v) is 4.39. The van der Waals surface area contributed by atoms with Crippen molar-refractivity contribution in [2.45, 2.75) is 6.92 Å². The maximum absolute atomic E-state index is 9.22. The van der Waals surface area contributed by atoms with Gasteiger partial charge in [-0.25, -0.2) is 4.98 Å². The van der Waals surface area contributed by atoms with Crippen LogP contribution in [0.4, 0.5) is 0 Å². The first-order valence-electron chi connectivity index (χ1n) is 6.06. The van der Waals surface area contributed by atoms with Gasteiger partial charge in [0.05, 0.1) is 5.76 Å². The van der Waals surface area contributed by atoms with Gasteiger partial charge in [-0.15, -0.1) is 0 Å².